The van der Waals surface area contributed by atoms with E-state index in [0.717, 1.165) is 33.2 Å². The van der Waals surface area contributed by atoms with Gasteiger partial charge in [-0.3, -0.25) is 4.79 Å². The maximum atomic E-state index is 10.8. The maximum absolute atomic E-state index is 10.8. The first-order valence-electron chi connectivity index (χ1n) is 4.28. The highest BCUT2D eigenvalue weighted by Crippen LogP contribution is 2.35. The standard InChI is InChI=1S/C11H10O2S/c1-7-6-14-11-8(5-12)3-4-9(13-2)10(7)11/h3-6H,1-2H3. The number of aryl methyl sites for hydroxylation is 1. The Morgan fingerprint density at radius 3 is 2.86 bits per heavy atom. The van der Waals surface area contributed by atoms with E-state index in [0.29, 0.717) is 0 Å². The average molecular weight is 206 g/mol. The first kappa shape index (κ1) is 9.21. The SMILES string of the molecule is COc1ccc(C=O)c2scc(C)c12. The number of fused-ring (bicyclic) bond motifs is 1. The van der Waals surface area contributed by atoms with Crippen LogP contribution in [0, 0.1) is 6.92 Å². The molecule has 14 heavy (non-hydrogen) atoms. The van der Waals surface area contributed by atoms with Crippen LogP contribution in [-0.4, -0.2) is 13.4 Å². The molecule has 0 atom stereocenters. The van der Waals surface area contributed by atoms with E-state index in [-0.39, 0.29) is 0 Å². The third kappa shape index (κ3) is 1.21. The highest BCUT2D eigenvalue weighted by Gasteiger charge is 2.09. The van der Waals surface area contributed by atoms with E-state index >= 15 is 0 Å². The summed E-state index contributed by atoms with van der Waals surface area (Å²) in [6.45, 7) is 2.02. The highest BCUT2D eigenvalue weighted by atomic mass is 32.1. The molecule has 0 unspecified atom stereocenters. The number of carbonyl (C=O) groups excluding carboxylic acids is 1. The number of thiophene rings is 1. The van der Waals surface area contributed by atoms with Crippen molar-refractivity contribution in [3.8, 4) is 5.75 Å². The van der Waals surface area contributed by atoms with Gasteiger partial charge in [-0.05, 0) is 30.0 Å². The number of carbonyl (C=O) groups is 1. The van der Waals surface area contributed by atoms with Crippen LogP contribution in [0.2, 0.25) is 0 Å². The van der Waals surface area contributed by atoms with Gasteiger partial charge in [-0.2, -0.15) is 0 Å². The number of aldehydes is 1. The molecule has 72 valence electrons. The largest absolute Gasteiger partial charge is 0.496 e. The molecule has 1 aromatic heterocycles. The second-order valence-electron chi connectivity index (χ2n) is 3.10. The van der Waals surface area contributed by atoms with Crippen LogP contribution < -0.4 is 4.74 Å². The zero-order valence-corrected chi connectivity index (χ0v) is 8.85. The van der Waals surface area contributed by atoms with Crippen LogP contribution in [0.5, 0.6) is 5.75 Å². The van der Waals surface area contributed by atoms with Gasteiger partial charge in [0.25, 0.3) is 0 Å². The Hall–Kier alpha value is -1.35. The second kappa shape index (κ2) is 3.42. The molecule has 0 aliphatic rings. The van der Waals surface area contributed by atoms with Crippen molar-refractivity contribution in [2.75, 3.05) is 7.11 Å². The lowest BCUT2D eigenvalue weighted by atomic mass is 10.1. The molecule has 2 aromatic rings. The van der Waals surface area contributed by atoms with Crippen molar-refractivity contribution in [1.82, 2.24) is 0 Å². The molecule has 1 heterocycles. The number of benzene rings is 1. The van der Waals surface area contributed by atoms with Crippen LogP contribution >= 0.6 is 11.3 Å². The third-order valence-corrected chi connectivity index (χ3v) is 3.39. The van der Waals surface area contributed by atoms with Gasteiger partial charge in [0.15, 0.2) is 6.29 Å². The van der Waals surface area contributed by atoms with Crippen molar-refractivity contribution in [2.45, 2.75) is 6.92 Å². The third-order valence-electron chi connectivity index (χ3n) is 2.24. The highest BCUT2D eigenvalue weighted by molar-refractivity contribution is 7.17. The molecule has 0 fully saturated rings. The number of hydrogen-bond acceptors (Lipinski definition) is 3. The lowest BCUT2D eigenvalue weighted by molar-refractivity contribution is 0.112. The van der Waals surface area contributed by atoms with Crippen molar-refractivity contribution in [2.24, 2.45) is 0 Å². The van der Waals surface area contributed by atoms with E-state index in [9.17, 15) is 4.79 Å². The summed E-state index contributed by atoms with van der Waals surface area (Å²) < 4.78 is 6.27. The molecular weight excluding hydrogens is 196 g/mol. The van der Waals surface area contributed by atoms with Gasteiger partial charge in [-0.1, -0.05) is 0 Å². The quantitative estimate of drug-likeness (QED) is 0.706. The van der Waals surface area contributed by atoms with Crippen molar-refractivity contribution in [3.05, 3.63) is 28.6 Å². The Kier molecular flexibility index (Phi) is 2.25. The summed E-state index contributed by atoms with van der Waals surface area (Å²) in [7, 11) is 1.65. The van der Waals surface area contributed by atoms with E-state index in [1.165, 1.54) is 0 Å². The molecule has 0 bridgehead atoms. The van der Waals surface area contributed by atoms with Gasteiger partial charge in [0.2, 0.25) is 0 Å². The Bertz CT molecular complexity index is 485. The van der Waals surface area contributed by atoms with E-state index < -0.39 is 0 Å². The van der Waals surface area contributed by atoms with Crippen molar-refractivity contribution < 1.29 is 9.53 Å². The molecule has 2 nitrogen and oxygen atoms in total. The van der Waals surface area contributed by atoms with Crippen LogP contribution in [0.4, 0.5) is 0 Å². The van der Waals surface area contributed by atoms with Gasteiger partial charge in [-0.25, -0.2) is 0 Å². The molecule has 0 aliphatic carbocycles. The molecule has 0 radical (unpaired) electrons. The Morgan fingerprint density at radius 2 is 2.21 bits per heavy atom. The lowest BCUT2D eigenvalue weighted by Gasteiger charge is -2.03. The number of methoxy groups -OCH3 is 1. The normalized spacial score (nSPS) is 10.4. The van der Waals surface area contributed by atoms with Gasteiger partial charge in [0.05, 0.1) is 7.11 Å². The summed E-state index contributed by atoms with van der Waals surface area (Å²) in [5.74, 6) is 0.837. The van der Waals surface area contributed by atoms with Crippen LogP contribution in [0.15, 0.2) is 17.5 Å². The first-order chi connectivity index (χ1) is 6.77. The lowest BCUT2D eigenvalue weighted by Crippen LogP contribution is -1.87. The molecule has 0 amide bonds. The minimum absolute atomic E-state index is 0.735. The van der Waals surface area contributed by atoms with Crippen molar-refractivity contribution in [3.63, 3.8) is 0 Å². The topological polar surface area (TPSA) is 26.3 Å². The van der Waals surface area contributed by atoms with Gasteiger partial charge < -0.3 is 4.74 Å². The van der Waals surface area contributed by atoms with Gasteiger partial charge in [0.1, 0.15) is 5.75 Å². The monoisotopic (exact) mass is 206 g/mol. The Morgan fingerprint density at radius 1 is 1.43 bits per heavy atom. The van der Waals surface area contributed by atoms with Crippen LogP contribution in [0.1, 0.15) is 15.9 Å². The van der Waals surface area contributed by atoms with Crippen molar-refractivity contribution in [1.29, 1.82) is 0 Å². The van der Waals surface area contributed by atoms with Gasteiger partial charge >= 0.3 is 0 Å². The van der Waals surface area contributed by atoms with E-state index in [4.69, 9.17) is 4.74 Å². The summed E-state index contributed by atoms with van der Waals surface area (Å²) in [4.78, 5) is 10.8. The fourth-order valence-corrected chi connectivity index (χ4v) is 2.59. The van der Waals surface area contributed by atoms with E-state index in [2.05, 4.69) is 0 Å². The number of rotatable bonds is 2. The van der Waals surface area contributed by atoms with E-state index in [1.807, 2.05) is 18.4 Å². The molecule has 3 heteroatoms. The Labute approximate surface area is 86.1 Å². The van der Waals surface area contributed by atoms with Crippen LogP contribution in [0.3, 0.4) is 0 Å². The molecule has 0 aliphatic heterocycles. The summed E-state index contributed by atoms with van der Waals surface area (Å²) in [5.41, 5.74) is 1.89. The molecule has 2 rings (SSSR count). The summed E-state index contributed by atoms with van der Waals surface area (Å²) in [6.07, 6.45) is 0.887. The number of ether oxygens (including phenoxy) is 1. The van der Waals surface area contributed by atoms with Crippen LogP contribution in [0.25, 0.3) is 10.1 Å². The smallest absolute Gasteiger partial charge is 0.151 e. The predicted octanol–water partition coefficient (Wildman–Crippen LogP) is 3.03. The molecule has 0 saturated carbocycles. The fourth-order valence-electron chi connectivity index (χ4n) is 1.55. The first-order valence-corrected chi connectivity index (χ1v) is 5.16. The molecule has 1 aromatic carbocycles. The molecule has 0 saturated heterocycles. The summed E-state index contributed by atoms with van der Waals surface area (Å²) >= 11 is 1.58. The van der Waals surface area contributed by atoms with Crippen LogP contribution in [-0.2, 0) is 0 Å². The summed E-state index contributed by atoms with van der Waals surface area (Å²) in [6, 6.07) is 3.63. The fraction of sp³-hybridized carbons (Fsp3) is 0.182. The molecule has 0 spiro atoms. The zero-order chi connectivity index (χ0) is 10.1. The zero-order valence-electron chi connectivity index (χ0n) is 8.03. The van der Waals surface area contributed by atoms with Crippen molar-refractivity contribution >= 4 is 27.7 Å². The maximum Gasteiger partial charge on any atom is 0.151 e. The average Bonchev–Trinajstić information content (AvgIpc) is 2.60. The Balaban J connectivity index is 2.87. The minimum atomic E-state index is 0.735. The predicted molar refractivity (Wildman–Crippen MR) is 58.5 cm³/mol. The van der Waals surface area contributed by atoms with Gasteiger partial charge in [0, 0.05) is 15.6 Å². The summed E-state index contributed by atoms with van der Waals surface area (Å²) in [5, 5.41) is 3.10. The molecule has 0 N–H and O–H groups in total. The van der Waals surface area contributed by atoms with Gasteiger partial charge in [-0.15, -0.1) is 11.3 Å². The second-order valence-corrected chi connectivity index (χ2v) is 3.98. The molecular formula is C11H10O2S. The number of hydrogen-bond donors (Lipinski definition) is 0. The minimum Gasteiger partial charge on any atom is -0.496 e. The van der Waals surface area contributed by atoms with E-state index in [1.54, 1.807) is 24.5 Å².